The quantitative estimate of drug-likeness (QED) is 0.472. The monoisotopic (exact) mass is 444 g/mol. The van der Waals surface area contributed by atoms with Gasteiger partial charge in [0.05, 0.1) is 11.4 Å². The van der Waals surface area contributed by atoms with Crippen LogP contribution in [0.1, 0.15) is 5.56 Å². The molecule has 0 fully saturated rings. The molecular formula is C18H14BrFN6O2. The van der Waals surface area contributed by atoms with Crippen LogP contribution in [0.15, 0.2) is 64.0 Å². The molecule has 0 atom stereocenters. The van der Waals surface area contributed by atoms with Crippen molar-refractivity contribution in [2.24, 2.45) is 7.05 Å². The lowest BCUT2D eigenvalue weighted by Gasteiger charge is -2.10. The van der Waals surface area contributed by atoms with Gasteiger partial charge in [0.1, 0.15) is 12.4 Å². The van der Waals surface area contributed by atoms with Gasteiger partial charge in [-0.1, -0.05) is 22.0 Å². The number of aromatic nitrogens is 6. The highest BCUT2D eigenvalue weighted by molar-refractivity contribution is 9.10. The van der Waals surface area contributed by atoms with Crippen LogP contribution in [0.5, 0.6) is 5.88 Å². The van der Waals surface area contributed by atoms with Gasteiger partial charge >= 0.3 is 5.69 Å². The fourth-order valence-corrected chi connectivity index (χ4v) is 3.09. The zero-order valence-electron chi connectivity index (χ0n) is 14.7. The molecule has 8 nitrogen and oxygen atoms in total. The summed E-state index contributed by atoms with van der Waals surface area (Å²) >= 11 is 3.49. The summed E-state index contributed by atoms with van der Waals surface area (Å²) in [5.74, 6) is 0.0746. The van der Waals surface area contributed by atoms with E-state index in [9.17, 15) is 9.18 Å². The Kier molecular flexibility index (Phi) is 4.78. The van der Waals surface area contributed by atoms with Gasteiger partial charge in [-0.25, -0.2) is 13.9 Å². The van der Waals surface area contributed by atoms with Gasteiger partial charge in [-0.15, -0.1) is 5.10 Å². The molecule has 0 aliphatic heterocycles. The predicted octanol–water partition coefficient (Wildman–Crippen LogP) is 2.63. The van der Waals surface area contributed by atoms with E-state index in [1.807, 2.05) is 6.07 Å². The van der Waals surface area contributed by atoms with Crippen molar-refractivity contribution in [2.75, 3.05) is 0 Å². The van der Waals surface area contributed by atoms with Crippen molar-refractivity contribution in [1.82, 2.24) is 29.6 Å². The van der Waals surface area contributed by atoms with Crippen LogP contribution in [0.3, 0.4) is 0 Å². The molecule has 10 heteroatoms. The van der Waals surface area contributed by atoms with Crippen LogP contribution < -0.4 is 10.4 Å². The van der Waals surface area contributed by atoms with Crippen LogP contribution in [0.4, 0.5) is 4.39 Å². The first-order valence-electron chi connectivity index (χ1n) is 8.24. The van der Waals surface area contributed by atoms with Gasteiger partial charge in [-0.05, 0) is 46.8 Å². The average Bonchev–Trinajstić information content (AvgIpc) is 3.29. The van der Waals surface area contributed by atoms with Crippen molar-refractivity contribution >= 4 is 15.9 Å². The van der Waals surface area contributed by atoms with Crippen LogP contribution in [-0.2, 0) is 13.7 Å². The zero-order valence-corrected chi connectivity index (χ0v) is 16.2. The van der Waals surface area contributed by atoms with E-state index in [0.29, 0.717) is 17.3 Å². The molecule has 0 unspecified atom stereocenters. The van der Waals surface area contributed by atoms with E-state index in [-0.39, 0.29) is 18.1 Å². The van der Waals surface area contributed by atoms with E-state index in [0.717, 1.165) is 14.7 Å². The molecule has 0 saturated carbocycles. The van der Waals surface area contributed by atoms with Crippen molar-refractivity contribution in [3.05, 3.63) is 81.1 Å². The Morgan fingerprint density at radius 1 is 1.11 bits per heavy atom. The van der Waals surface area contributed by atoms with Crippen LogP contribution >= 0.6 is 15.9 Å². The highest BCUT2D eigenvalue weighted by Crippen LogP contribution is 2.24. The summed E-state index contributed by atoms with van der Waals surface area (Å²) in [7, 11) is 1.53. The minimum atomic E-state index is -0.361. The summed E-state index contributed by atoms with van der Waals surface area (Å²) in [6.07, 6.45) is 1.72. The summed E-state index contributed by atoms with van der Waals surface area (Å²) in [4.78, 5) is 12.2. The van der Waals surface area contributed by atoms with Crippen molar-refractivity contribution in [3.63, 3.8) is 0 Å². The minimum absolute atomic E-state index is 0.153. The molecule has 28 heavy (non-hydrogen) atoms. The Labute approximate surface area is 166 Å². The molecule has 0 saturated heterocycles. The third-order valence-electron chi connectivity index (χ3n) is 4.06. The van der Waals surface area contributed by atoms with Gasteiger partial charge in [0.15, 0.2) is 0 Å². The van der Waals surface area contributed by atoms with E-state index in [1.54, 1.807) is 41.2 Å². The van der Waals surface area contributed by atoms with Crippen molar-refractivity contribution in [3.8, 4) is 17.3 Å². The van der Waals surface area contributed by atoms with E-state index in [4.69, 9.17) is 4.74 Å². The van der Waals surface area contributed by atoms with Crippen molar-refractivity contribution < 1.29 is 9.13 Å². The highest BCUT2D eigenvalue weighted by Gasteiger charge is 2.15. The maximum absolute atomic E-state index is 13.1. The van der Waals surface area contributed by atoms with Gasteiger partial charge in [0, 0.05) is 29.3 Å². The second kappa shape index (κ2) is 7.39. The zero-order chi connectivity index (χ0) is 19.7. The summed E-state index contributed by atoms with van der Waals surface area (Å²) in [6.45, 7) is 0.153. The lowest BCUT2D eigenvalue weighted by atomic mass is 10.2. The maximum Gasteiger partial charge on any atom is 0.368 e. The normalized spacial score (nSPS) is 11.0. The molecule has 0 N–H and O–H groups in total. The molecule has 4 aromatic rings. The molecule has 4 rings (SSSR count). The number of nitrogens with zero attached hydrogens (tertiary/aromatic N) is 6. The number of benzene rings is 2. The number of hydrogen-bond acceptors (Lipinski definition) is 5. The molecule has 2 heterocycles. The van der Waals surface area contributed by atoms with E-state index in [2.05, 4.69) is 31.5 Å². The summed E-state index contributed by atoms with van der Waals surface area (Å²) in [5, 5.41) is 12.0. The molecule has 0 bridgehead atoms. The van der Waals surface area contributed by atoms with E-state index in [1.165, 1.54) is 23.9 Å². The summed E-state index contributed by atoms with van der Waals surface area (Å²) in [5.41, 5.74) is 1.63. The predicted molar refractivity (Wildman–Crippen MR) is 102 cm³/mol. The number of hydrogen-bond donors (Lipinski definition) is 0. The molecule has 0 spiro atoms. The van der Waals surface area contributed by atoms with Gasteiger partial charge in [-0.2, -0.15) is 9.36 Å². The molecule has 2 aromatic heterocycles. The maximum atomic E-state index is 13.1. The van der Waals surface area contributed by atoms with Gasteiger partial charge < -0.3 is 4.74 Å². The Morgan fingerprint density at radius 3 is 2.61 bits per heavy atom. The first-order valence-corrected chi connectivity index (χ1v) is 9.03. The smallest absolute Gasteiger partial charge is 0.368 e. The van der Waals surface area contributed by atoms with Crippen molar-refractivity contribution in [2.45, 2.75) is 6.61 Å². The molecule has 0 aliphatic rings. The molecule has 2 aromatic carbocycles. The second-order valence-electron chi connectivity index (χ2n) is 5.90. The highest BCUT2D eigenvalue weighted by atomic mass is 79.9. The Bertz CT molecular complexity index is 1180. The molecule has 142 valence electrons. The number of rotatable bonds is 5. The minimum Gasteiger partial charge on any atom is -0.472 e. The SMILES string of the molecule is Cn1nnn(-c2cccc(Br)c2COc2ccn(-c3ccc(F)cc3)n2)c1=O. The Hall–Kier alpha value is -3.27. The first kappa shape index (κ1) is 18.1. The molecule has 0 radical (unpaired) electrons. The van der Waals surface area contributed by atoms with Gasteiger partial charge in [0.2, 0.25) is 5.88 Å². The number of aryl methyl sites for hydroxylation is 1. The van der Waals surface area contributed by atoms with E-state index < -0.39 is 0 Å². The lowest BCUT2D eigenvalue weighted by Crippen LogP contribution is -2.23. The van der Waals surface area contributed by atoms with Gasteiger partial charge in [0.25, 0.3) is 0 Å². The average molecular weight is 445 g/mol. The topological polar surface area (TPSA) is 79.8 Å². The number of halogens is 2. The van der Waals surface area contributed by atoms with Crippen LogP contribution in [0, 0.1) is 5.82 Å². The molecule has 0 amide bonds. The van der Waals surface area contributed by atoms with Crippen LogP contribution in [-0.4, -0.2) is 29.6 Å². The molecule has 0 aliphatic carbocycles. The fraction of sp³-hybridized carbons (Fsp3) is 0.111. The number of ether oxygens (including phenoxy) is 1. The van der Waals surface area contributed by atoms with Crippen LogP contribution in [0.2, 0.25) is 0 Å². The Morgan fingerprint density at radius 2 is 1.89 bits per heavy atom. The summed E-state index contributed by atoms with van der Waals surface area (Å²) in [6, 6.07) is 13.1. The largest absolute Gasteiger partial charge is 0.472 e. The van der Waals surface area contributed by atoms with Gasteiger partial charge in [-0.3, -0.25) is 0 Å². The standard InChI is InChI=1S/C18H14BrFN6O2/c1-24-18(27)26(23-22-24)16-4-2-3-15(19)14(16)11-28-17-9-10-25(21-17)13-7-5-12(20)6-8-13/h2-10H,11H2,1H3. The van der Waals surface area contributed by atoms with Crippen LogP contribution in [0.25, 0.3) is 11.4 Å². The lowest BCUT2D eigenvalue weighted by molar-refractivity contribution is 0.290. The second-order valence-corrected chi connectivity index (χ2v) is 6.75. The summed E-state index contributed by atoms with van der Waals surface area (Å²) < 4.78 is 23.6. The van der Waals surface area contributed by atoms with E-state index >= 15 is 0 Å². The fourth-order valence-electron chi connectivity index (χ4n) is 2.62. The number of tetrazole rings is 1. The van der Waals surface area contributed by atoms with Crippen molar-refractivity contribution in [1.29, 1.82) is 0 Å². The third-order valence-corrected chi connectivity index (χ3v) is 4.81. The third kappa shape index (κ3) is 3.46. The molecular weight excluding hydrogens is 431 g/mol. The first-order chi connectivity index (χ1) is 13.5. The Balaban J connectivity index is 1.58.